The lowest BCUT2D eigenvalue weighted by molar-refractivity contribution is 0.909. The Hall–Kier alpha value is -3.08. The van der Waals surface area contributed by atoms with E-state index < -0.39 is 0 Å². The van der Waals surface area contributed by atoms with Crippen molar-refractivity contribution in [2.45, 2.75) is 25.2 Å². The Morgan fingerprint density at radius 1 is 0.960 bits per heavy atom. The Morgan fingerprint density at radius 2 is 1.76 bits per heavy atom. The highest BCUT2D eigenvalue weighted by Crippen LogP contribution is 2.38. The van der Waals surface area contributed by atoms with E-state index in [1.165, 1.54) is 18.4 Å². The van der Waals surface area contributed by atoms with Crippen molar-refractivity contribution in [2.24, 2.45) is 5.10 Å². The summed E-state index contributed by atoms with van der Waals surface area (Å²) >= 11 is 0. The fraction of sp³-hybridized carbons (Fsp3) is 0.200. The van der Waals surface area contributed by atoms with Crippen LogP contribution in [0.3, 0.4) is 0 Å². The van der Waals surface area contributed by atoms with Crippen LogP contribution in [0, 0.1) is 0 Å². The molecule has 0 aliphatic heterocycles. The molecule has 0 saturated heterocycles. The van der Waals surface area contributed by atoms with Gasteiger partial charge in [-0.2, -0.15) is 10.2 Å². The van der Waals surface area contributed by atoms with Gasteiger partial charge in [0.1, 0.15) is 0 Å². The number of rotatable bonds is 6. The first-order valence-corrected chi connectivity index (χ1v) is 8.49. The monoisotopic (exact) mass is 329 g/mol. The molecule has 2 aromatic heterocycles. The van der Waals surface area contributed by atoms with Crippen molar-refractivity contribution in [1.29, 1.82) is 0 Å². The highest BCUT2D eigenvalue weighted by molar-refractivity contribution is 6.02. The molecule has 2 heterocycles. The largest absolute Gasteiger partial charge is 0.265 e. The molecule has 0 atom stereocenters. The van der Waals surface area contributed by atoms with Crippen molar-refractivity contribution in [3.05, 3.63) is 83.8 Å². The molecule has 0 spiro atoms. The summed E-state index contributed by atoms with van der Waals surface area (Å²) in [4.78, 5) is 4.09. The van der Waals surface area contributed by atoms with Gasteiger partial charge in [-0.1, -0.05) is 30.3 Å². The van der Waals surface area contributed by atoms with Crippen LogP contribution in [-0.2, 0) is 6.42 Å². The third-order valence-corrected chi connectivity index (χ3v) is 4.21. The zero-order valence-electron chi connectivity index (χ0n) is 13.8. The van der Waals surface area contributed by atoms with Gasteiger partial charge in [0.2, 0.25) is 0 Å². The molecule has 124 valence electrons. The minimum atomic E-state index is 0.607. The quantitative estimate of drug-likeness (QED) is 0.552. The first-order valence-electron chi connectivity index (χ1n) is 8.49. The summed E-state index contributed by atoms with van der Waals surface area (Å²) in [6, 6.07) is 18.2. The number of pyridine rings is 1. The number of nitrogens with zero attached hydrogens (tertiary/aromatic N) is 4. The molecule has 3 aromatic rings. The van der Waals surface area contributed by atoms with Crippen molar-refractivity contribution in [1.82, 2.24) is 15.2 Å². The van der Waals surface area contributed by atoms with Crippen LogP contribution in [0.5, 0.6) is 0 Å². The molecule has 0 radical (unpaired) electrons. The van der Waals surface area contributed by atoms with Crippen LogP contribution >= 0.6 is 0 Å². The molecular formula is C20H19N5. The predicted molar refractivity (Wildman–Crippen MR) is 98.5 cm³/mol. The first-order chi connectivity index (χ1) is 12.4. The number of nitrogens with one attached hydrogen (secondary N) is 1. The standard InChI is InChI=1S/C20H19N5/c1-2-4-15(5-3-1)14-19(17-10-12-21-13-11-17)23-25-20-9-8-18(22-24-20)16-6-7-16/h1-5,8-13,16H,6-7,14H2,(H,24,25)/b23-19-. The molecule has 1 aromatic carbocycles. The van der Waals surface area contributed by atoms with Crippen molar-refractivity contribution in [3.8, 4) is 0 Å². The fourth-order valence-corrected chi connectivity index (χ4v) is 2.66. The minimum absolute atomic E-state index is 0.607. The smallest absolute Gasteiger partial charge is 0.168 e. The first kappa shape index (κ1) is 15.4. The Morgan fingerprint density at radius 3 is 2.44 bits per heavy atom. The van der Waals surface area contributed by atoms with E-state index in [4.69, 9.17) is 0 Å². The summed E-state index contributed by atoms with van der Waals surface area (Å²) < 4.78 is 0. The number of benzene rings is 1. The average molecular weight is 329 g/mol. The van der Waals surface area contributed by atoms with Crippen molar-refractivity contribution in [2.75, 3.05) is 5.43 Å². The van der Waals surface area contributed by atoms with Gasteiger partial charge in [-0.15, -0.1) is 5.10 Å². The Balaban J connectivity index is 1.55. The van der Waals surface area contributed by atoms with Gasteiger partial charge in [0.05, 0.1) is 11.4 Å². The van der Waals surface area contributed by atoms with Crippen LogP contribution < -0.4 is 5.43 Å². The molecule has 1 aliphatic rings. The molecular weight excluding hydrogens is 310 g/mol. The van der Waals surface area contributed by atoms with Crippen LogP contribution in [0.4, 0.5) is 5.82 Å². The lowest BCUT2D eigenvalue weighted by Crippen LogP contribution is -2.09. The maximum Gasteiger partial charge on any atom is 0.168 e. The Labute approximate surface area is 146 Å². The van der Waals surface area contributed by atoms with Crippen molar-refractivity contribution in [3.63, 3.8) is 0 Å². The SMILES string of the molecule is c1ccc(C/C(=N/Nc2ccc(C3CC3)nn2)c2ccncc2)cc1. The molecule has 1 fully saturated rings. The van der Waals surface area contributed by atoms with Gasteiger partial charge < -0.3 is 0 Å². The van der Waals surface area contributed by atoms with Gasteiger partial charge in [-0.3, -0.25) is 10.4 Å². The molecule has 0 unspecified atom stereocenters. The lowest BCUT2D eigenvalue weighted by atomic mass is 10.0. The zero-order valence-corrected chi connectivity index (χ0v) is 13.8. The molecule has 0 amide bonds. The van der Waals surface area contributed by atoms with E-state index in [-0.39, 0.29) is 0 Å². The second-order valence-corrected chi connectivity index (χ2v) is 6.19. The van der Waals surface area contributed by atoms with Crippen LogP contribution in [0.25, 0.3) is 0 Å². The van der Waals surface area contributed by atoms with Crippen LogP contribution in [-0.4, -0.2) is 20.9 Å². The topological polar surface area (TPSA) is 63.1 Å². The minimum Gasteiger partial charge on any atom is -0.265 e. The van der Waals surface area contributed by atoms with Crippen molar-refractivity contribution < 1.29 is 0 Å². The second kappa shape index (κ2) is 7.21. The average Bonchev–Trinajstić information content (AvgIpc) is 3.52. The summed E-state index contributed by atoms with van der Waals surface area (Å²) in [6.45, 7) is 0. The summed E-state index contributed by atoms with van der Waals surface area (Å²) in [5, 5.41) is 13.1. The highest BCUT2D eigenvalue weighted by Gasteiger charge is 2.25. The molecule has 1 saturated carbocycles. The van der Waals surface area contributed by atoms with Gasteiger partial charge >= 0.3 is 0 Å². The van der Waals surface area contributed by atoms with E-state index in [0.717, 1.165) is 23.4 Å². The van der Waals surface area contributed by atoms with E-state index in [1.54, 1.807) is 12.4 Å². The highest BCUT2D eigenvalue weighted by atomic mass is 15.3. The van der Waals surface area contributed by atoms with Crippen LogP contribution in [0.1, 0.15) is 35.6 Å². The fourth-order valence-electron chi connectivity index (χ4n) is 2.66. The summed E-state index contributed by atoms with van der Waals surface area (Å²) in [6.07, 6.45) is 6.73. The van der Waals surface area contributed by atoms with E-state index in [2.05, 4.69) is 37.8 Å². The number of hydrogen-bond acceptors (Lipinski definition) is 5. The van der Waals surface area contributed by atoms with E-state index >= 15 is 0 Å². The predicted octanol–water partition coefficient (Wildman–Crippen LogP) is 3.81. The number of hydrazone groups is 1. The van der Waals surface area contributed by atoms with Gasteiger partial charge in [-0.25, -0.2) is 0 Å². The summed E-state index contributed by atoms with van der Waals surface area (Å²) in [5.41, 5.74) is 7.29. The van der Waals surface area contributed by atoms with E-state index in [1.807, 2.05) is 42.5 Å². The maximum absolute atomic E-state index is 4.59. The van der Waals surface area contributed by atoms with Crippen LogP contribution in [0.2, 0.25) is 0 Å². The molecule has 25 heavy (non-hydrogen) atoms. The number of hydrogen-bond donors (Lipinski definition) is 1. The van der Waals surface area contributed by atoms with Crippen molar-refractivity contribution >= 4 is 11.5 Å². The van der Waals surface area contributed by atoms with Gasteiger partial charge in [-0.05, 0) is 42.7 Å². The van der Waals surface area contributed by atoms with E-state index in [9.17, 15) is 0 Å². The molecule has 1 aliphatic carbocycles. The van der Waals surface area contributed by atoms with Gasteiger partial charge in [0.25, 0.3) is 0 Å². The zero-order chi connectivity index (χ0) is 16.9. The van der Waals surface area contributed by atoms with Gasteiger partial charge in [0.15, 0.2) is 5.82 Å². The normalized spacial score (nSPS) is 14.3. The Bertz CT molecular complexity index is 840. The number of aromatic nitrogens is 3. The lowest BCUT2D eigenvalue weighted by Gasteiger charge is -2.08. The van der Waals surface area contributed by atoms with E-state index in [0.29, 0.717) is 11.7 Å². The summed E-state index contributed by atoms with van der Waals surface area (Å²) in [5.74, 6) is 1.26. The molecule has 0 bridgehead atoms. The molecule has 4 rings (SSSR count). The Kier molecular flexibility index (Phi) is 4.46. The van der Waals surface area contributed by atoms with Crippen LogP contribution in [0.15, 0.2) is 72.1 Å². The third-order valence-electron chi connectivity index (χ3n) is 4.21. The second-order valence-electron chi connectivity index (χ2n) is 6.19. The molecule has 5 nitrogen and oxygen atoms in total. The molecule has 1 N–H and O–H groups in total. The number of anilines is 1. The summed E-state index contributed by atoms with van der Waals surface area (Å²) in [7, 11) is 0. The molecule has 5 heteroatoms. The maximum atomic E-state index is 4.59. The van der Waals surface area contributed by atoms with Gasteiger partial charge in [0, 0.05) is 30.3 Å². The third kappa shape index (κ3) is 4.07.